The highest BCUT2D eigenvalue weighted by Crippen LogP contribution is 2.09. The number of ketones is 1. The van der Waals surface area contributed by atoms with Gasteiger partial charge in [-0.1, -0.05) is 44.7 Å². The van der Waals surface area contributed by atoms with Crippen molar-refractivity contribution in [2.45, 2.75) is 27.2 Å². The van der Waals surface area contributed by atoms with Crippen LogP contribution in [-0.4, -0.2) is 22.0 Å². The minimum Gasteiger partial charge on any atom is -0.308 e. The molecule has 0 aliphatic heterocycles. The molecule has 0 fully saturated rings. The number of carbonyl (C=O) groups excluding carboxylic acids is 1. The van der Waals surface area contributed by atoms with E-state index in [-0.39, 0.29) is 18.0 Å². The third-order valence-corrected chi connectivity index (χ3v) is 2.19. The van der Waals surface area contributed by atoms with Crippen LogP contribution >= 0.6 is 0 Å². The molecule has 0 saturated carbocycles. The lowest BCUT2D eigenvalue weighted by molar-refractivity contribution is 0.0985. The van der Waals surface area contributed by atoms with E-state index < -0.39 is 0 Å². The zero-order chi connectivity index (χ0) is 15.4. The molecule has 0 spiro atoms. The average molecular weight is 271 g/mol. The van der Waals surface area contributed by atoms with Crippen molar-refractivity contribution in [3.63, 3.8) is 0 Å². The Morgan fingerprint density at radius 1 is 1.45 bits per heavy atom. The first-order valence-electron chi connectivity index (χ1n) is 6.54. The molecule has 0 aliphatic rings. The van der Waals surface area contributed by atoms with Gasteiger partial charge in [0.1, 0.15) is 0 Å². The molecule has 1 aromatic heterocycles. The Labute approximate surface area is 120 Å². The molecular weight excluding hydrogens is 250 g/mol. The fraction of sp³-hybridized carbons (Fsp3) is 0.250. The molecule has 4 heteroatoms. The number of carbonyl (C=O) groups is 1. The molecule has 20 heavy (non-hydrogen) atoms. The summed E-state index contributed by atoms with van der Waals surface area (Å²) in [6.07, 6.45) is 9.78. The summed E-state index contributed by atoms with van der Waals surface area (Å²) in [6, 6.07) is 1.66. The van der Waals surface area contributed by atoms with Gasteiger partial charge in [-0.15, -0.1) is 0 Å². The largest absolute Gasteiger partial charge is 0.308 e. The Hall–Kier alpha value is -2.36. The van der Waals surface area contributed by atoms with Crippen molar-refractivity contribution >= 4 is 17.6 Å². The number of hydrogen-bond donors (Lipinski definition) is 1. The van der Waals surface area contributed by atoms with Crippen LogP contribution in [0, 0.1) is 5.41 Å². The van der Waals surface area contributed by atoms with E-state index in [9.17, 15) is 4.79 Å². The highest BCUT2D eigenvalue weighted by molar-refractivity contribution is 6.08. The summed E-state index contributed by atoms with van der Waals surface area (Å²) in [7, 11) is 0. The van der Waals surface area contributed by atoms with Gasteiger partial charge in [-0.25, -0.2) is 9.97 Å². The van der Waals surface area contributed by atoms with Gasteiger partial charge < -0.3 is 5.41 Å². The van der Waals surface area contributed by atoms with Crippen molar-refractivity contribution in [1.29, 1.82) is 5.41 Å². The number of Topliss-reactive ketones (excluding diaryl/α,β-unsaturated/α-hetero) is 1. The summed E-state index contributed by atoms with van der Waals surface area (Å²) < 4.78 is 0. The second-order valence-corrected chi connectivity index (χ2v) is 3.46. The molecule has 1 N–H and O–H groups in total. The SMILES string of the molecule is C=C/C=C(\C=N)c1ccnc(C(=O)C/C=C/C)n1.CC. The van der Waals surface area contributed by atoms with Gasteiger partial charge in [0.05, 0.1) is 5.69 Å². The number of aromatic nitrogens is 2. The van der Waals surface area contributed by atoms with Crippen molar-refractivity contribution in [1.82, 2.24) is 9.97 Å². The smallest absolute Gasteiger partial charge is 0.203 e. The van der Waals surface area contributed by atoms with Gasteiger partial charge in [-0.3, -0.25) is 4.79 Å². The van der Waals surface area contributed by atoms with Gasteiger partial charge in [-0.05, 0) is 13.0 Å². The van der Waals surface area contributed by atoms with Crippen molar-refractivity contribution in [2.75, 3.05) is 0 Å². The topological polar surface area (TPSA) is 66.7 Å². The fourth-order valence-electron chi connectivity index (χ4n) is 1.30. The molecule has 4 nitrogen and oxygen atoms in total. The number of rotatable bonds is 6. The summed E-state index contributed by atoms with van der Waals surface area (Å²) >= 11 is 0. The first-order chi connectivity index (χ1) is 9.72. The first-order valence-corrected chi connectivity index (χ1v) is 6.54. The number of nitrogens with zero attached hydrogens (tertiary/aromatic N) is 2. The van der Waals surface area contributed by atoms with Gasteiger partial charge in [0.15, 0.2) is 5.82 Å². The van der Waals surface area contributed by atoms with Gasteiger partial charge in [0.2, 0.25) is 5.78 Å². The van der Waals surface area contributed by atoms with Gasteiger partial charge in [-0.2, -0.15) is 0 Å². The van der Waals surface area contributed by atoms with Crippen LogP contribution in [0.2, 0.25) is 0 Å². The first kappa shape index (κ1) is 17.6. The molecular formula is C16H21N3O. The van der Waals surface area contributed by atoms with Crippen molar-refractivity contribution < 1.29 is 4.79 Å². The van der Waals surface area contributed by atoms with Crippen LogP contribution in [0.25, 0.3) is 5.57 Å². The van der Waals surface area contributed by atoms with Gasteiger partial charge in [0.25, 0.3) is 0 Å². The molecule has 0 aromatic carbocycles. The van der Waals surface area contributed by atoms with Crippen LogP contribution in [0.5, 0.6) is 0 Å². The second-order valence-electron chi connectivity index (χ2n) is 3.46. The minimum atomic E-state index is -0.141. The van der Waals surface area contributed by atoms with E-state index in [0.29, 0.717) is 11.3 Å². The van der Waals surface area contributed by atoms with E-state index in [1.54, 1.807) is 24.3 Å². The summed E-state index contributed by atoms with van der Waals surface area (Å²) in [5.74, 6) is 0.0281. The lowest BCUT2D eigenvalue weighted by atomic mass is 10.1. The zero-order valence-corrected chi connectivity index (χ0v) is 12.3. The summed E-state index contributed by atoms with van der Waals surface area (Å²) in [5, 5.41) is 7.29. The van der Waals surface area contributed by atoms with E-state index >= 15 is 0 Å². The van der Waals surface area contributed by atoms with E-state index in [4.69, 9.17) is 5.41 Å². The van der Waals surface area contributed by atoms with Crippen LogP contribution in [0.3, 0.4) is 0 Å². The van der Waals surface area contributed by atoms with Crippen molar-refractivity contribution in [3.8, 4) is 0 Å². The van der Waals surface area contributed by atoms with Crippen LogP contribution in [0.15, 0.2) is 43.1 Å². The Bertz CT molecular complexity index is 516. The second kappa shape index (κ2) is 10.6. The fourth-order valence-corrected chi connectivity index (χ4v) is 1.30. The lowest BCUT2D eigenvalue weighted by Gasteiger charge is -2.02. The molecule has 1 aromatic rings. The molecule has 1 heterocycles. The van der Waals surface area contributed by atoms with Crippen LogP contribution < -0.4 is 0 Å². The van der Waals surface area contributed by atoms with Crippen molar-refractivity contribution in [2.24, 2.45) is 0 Å². The summed E-state index contributed by atoms with van der Waals surface area (Å²) in [5.41, 5.74) is 1.14. The van der Waals surface area contributed by atoms with Gasteiger partial charge in [0, 0.05) is 24.4 Å². The number of nitrogens with one attached hydrogen (secondary N) is 1. The third-order valence-electron chi connectivity index (χ3n) is 2.19. The minimum absolute atomic E-state index is 0.141. The molecule has 0 unspecified atom stereocenters. The molecule has 0 amide bonds. The normalized spacial score (nSPS) is 10.7. The zero-order valence-electron chi connectivity index (χ0n) is 12.3. The van der Waals surface area contributed by atoms with Crippen molar-refractivity contribution in [3.05, 3.63) is 54.7 Å². The molecule has 1 rings (SSSR count). The Morgan fingerprint density at radius 2 is 2.15 bits per heavy atom. The van der Waals surface area contributed by atoms with E-state index in [2.05, 4.69) is 16.5 Å². The molecule has 0 radical (unpaired) electrons. The molecule has 0 saturated heterocycles. The highest BCUT2D eigenvalue weighted by atomic mass is 16.1. The molecule has 0 atom stereocenters. The number of hydrogen-bond acceptors (Lipinski definition) is 4. The highest BCUT2D eigenvalue weighted by Gasteiger charge is 2.09. The van der Waals surface area contributed by atoms with Crippen LogP contribution in [0.4, 0.5) is 0 Å². The Balaban J connectivity index is 0.00000172. The monoisotopic (exact) mass is 271 g/mol. The summed E-state index contributed by atoms with van der Waals surface area (Å²) in [4.78, 5) is 19.9. The van der Waals surface area contributed by atoms with E-state index in [1.807, 2.05) is 26.8 Å². The predicted octanol–water partition coefficient (Wildman–Crippen LogP) is 3.87. The molecule has 106 valence electrons. The Kier molecular flexibility index (Phi) is 9.31. The van der Waals surface area contributed by atoms with E-state index in [1.165, 1.54) is 12.4 Å². The Morgan fingerprint density at radius 3 is 2.70 bits per heavy atom. The molecule has 0 bridgehead atoms. The standard InChI is InChI=1S/C14H15N3O.C2H6/c1-3-5-7-13(18)14-16-9-8-12(17-14)11(10-15)6-4-2;1-2/h3-6,8-10,15H,2,7H2,1H3;1-2H3/b5-3+,11-6+,15-10?;. The van der Waals surface area contributed by atoms with Crippen LogP contribution in [-0.2, 0) is 0 Å². The maximum absolute atomic E-state index is 11.8. The third kappa shape index (κ3) is 5.52. The average Bonchev–Trinajstić information content (AvgIpc) is 2.52. The quantitative estimate of drug-likeness (QED) is 0.369. The lowest BCUT2D eigenvalue weighted by Crippen LogP contribution is -2.06. The predicted molar refractivity (Wildman–Crippen MR) is 84.1 cm³/mol. The number of allylic oxidation sites excluding steroid dienone is 5. The summed E-state index contributed by atoms with van der Waals surface area (Å²) in [6.45, 7) is 9.42. The maximum Gasteiger partial charge on any atom is 0.203 e. The van der Waals surface area contributed by atoms with Crippen LogP contribution in [0.1, 0.15) is 43.5 Å². The van der Waals surface area contributed by atoms with E-state index in [0.717, 1.165) is 0 Å². The maximum atomic E-state index is 11.8. The molecule has 0 aliphatic carbocycles. The van der Waals surface area contributed by atoms with Gasteiger partial charge >= 0.3 is 0 Å².